The zero-order valence-electron chi connectivity index (χ0n) is 17.0. The smallest absolute Gasteiger partial charge is 0.274 e. The van der Waals surface area contributed by atoms with E-state index in [1.165, 1.54) is 10.8 Å². The Kier molecular flexibility index (Phi) is 5.91. The summed E-state index contributed by atoms with van der Waals surface area (Å²) < 4.78 is 34.2. The number of amides is 2. The summed E-state index contributed by atoms with van der Waals surface area (Å²) in [5, 5.41) is 12.6. The van der Waals surface area contributed by atoms with Gasteiger partial charge in [0.05, 0.1) is 23.7 Å². The van der Waals surface area contributed by atoms with Crippen LogP contribution in [0, 0.1) is 11.6 Å². The highest BCUT2D eigenvalue weighted by atomic mass is 35.5. The molecule has 2 aliphatic heterocycles. The Morgan fingerprint density at radius 2 is 2.03 bits per heavy atom. The molecule has 0 saturated carbocycles. The van der Waals surface area contributed by atoms with Gasteiger partial charge in [0.25, 0.3) is 11.8 Å². The van der Waals surface area contributed by atoms with Gasteiger partial charge in [0.1, 0.15) is 17.2 Å². The van der Waals surface area contributed by atoms with E-state index in [1.807, 2.05) is 0 Å². The van der Waals surface area contributed by atoms with E-state index in [1.54, 1.807) is 11.8 Å². The van der Waals surface area contributed by atoms with E-state index < -0.39 is 40.2 Å². The second kappa shape index (κ2) is 8.51. The number of aromatic nitrogens is 1. The fourth-order valence-electron chi connectivity index (χ4n) is 4.22. The van der Waals surface area contributed by atoms with Crippen LogP contribution in [0.4, 0.5) is 8.78 Å². The lowest BCUT2D eigenvalue weighted by Crippen LogP contribution is -2.55. The summed E-state index contributed by atoms with van der Waals surface area (Å²) in [6, 6.07) is 1.04. The predicted octanol–water partition coefficient (Wildman–Crippen LogP) is 2.22. The van der Waals surface area contributed by atoms with Crippen molar-refractivity contribution in [1.82, 2.24) is 14.8 Å². The van der Waals surface area contributed by atoms with E-state index in [-0.39, 0.29) is 34.9 Å². The van der Waals surface area contributed by atoms with Crippen LogP contribution in [0.25, 0.3) is 0 Å². The van der Waals surface area contributed by atoms with Gasteiger partial charge < -0.3 is 24.6 Å². The minimum Gasteiger partial charge on any atom is -0.503 e. The third-order valence-corrected chi connectivity index (χ3v) is 6.13. The molecule has 2 atom stereocenters. The minimum absolute atomic E-state index is 0.0784. The van der Waals surface area contributed by atoms with Crippen molar-refractivity contribution in [2.45, 2.75) is 32.0 Å². The monoisotopic (exact) mass is 467 g/mol. The van der Waals surface area contributed by atoms with Crippen molar-refractivity contribution in [3.05, 3.63) is 62.0 Å². The summed E-state index contributed by atoms with van der Waals surface area (Å²) in [6.45, 7) is 2.51. The number of halogens is 3. The average molecular weight is 468 g/mol. The Labute approximate surface area is 186 Å². The molecule has 1 aromatic carbocycles. The zero-order chi connectivity index (χ0) is 23.2. The van der Waals surface area contributed by atoms with Gasteiger partial charge in [-0.3, -0.25) is 14.4 Å². The van der Waals surface area contributed by atoms with E-state index in [0.29, 0.717) is 32.2 Å². The first-order valence-corrected chi connectivity index (χ1v) is 10.4. The van der Waals surface area contributed by atoms with Crippen LogP contribution in [-0.4, -0.2) is 52.2 Å². The third kappa shape index (κ3) is 3.63. The molecule has 1 fully saturated rings. The Bertz CT molecular complexity index is 1170. The Hall–Kier alpha value is -2.98. The van der Waals surface area contributed by atoms with Crippen LogP contribution >= 0.6 is 11.6 Å². The standard InChI is InChI=1S/C21H20ClF2N3O5/c1-2-26-16-9-32-4-3-15(16)27-8-11(18(28)19(29)17(27)21(26)31)20(30)25-7-10-5-12(22)14(24)6-13(10)23/h5-6,8,15-16,29H,2-4,7,9H2,1H3,(H,25,30)/t15-,16+/m0/s1. The maximum atomic E-state index is 13.9. The first-order chi connectivity index (χ1) is 15.2. The fourth-order valence-corrected chi connectivity index (χ4v) is 4.41. The summed E-state index contributed by atoms with van der Waals surface area (Å²) in [5.41, 5.74) is -1.66. The number of carbonyl (C=O) groups excluding carboxylic acids is 2. The summed E-state index contributed by atoms with van der Waals surface area (Å²) in [5.74, 6) is -4.07. The molecule has 2 aliphatic rings. The number of fused-ring (bicyclic) bond motifs is 3. The first kappa shape index (κ1) is 22.2. The Morgan fingerprint density at radius 3 is 2.75 bits per heavy atom. The lowest BCUT2D eigenvalue weighted by Gasteiger charge is -2.45. The number of nitrogens with zero attached hydrogens (tertiary/aromatic N) is 2. The minimum atomic E-state index is -1.01. The van der Waals surface area contributed by atoms with Gasteiger partial charge >= 0.3 is 0 Å². The SMILES string of the molecule is CCN1C(=O)c2c(O)c(=O)c(C(=O)NCc3cc(Cl)c(F)cc3F)cn2[C@H]2CCOC[C@H]21. The number of pyridine rings is 1. The Morgan fingerprint density at radius 1 is 1.28 bits per heavy atom. The number of hydrogen-bond acceptors (Lipinski definition) is 5. The van der Waals surface area contributed by atoms with Crippen LogP contribution in [-0.2, 0) is 11.3 Å². The molecular formula is C21H20ClF2N3O5. The highest BCUT2D eigenvalue weighted by Gasteiger charge is 2.43. The molecule has 3 heterocycles. The van der Waals surface area contributed by atoms with Crippen molar-refractivity contribution >= 4 is 23.4 Å². The molecule has 0 aliphatic carbocycles. The van der Waals surface area contributed by atoms with E-state index in [0.717, 1.165) is 6.07 Å². The summed E-state index contributed by atoms with van der Waals surface area (Å²) in [7, 11) is 0. The number of aromatic hydroxyl groups is 1. The van der Waals surface area contributed by atoms with Crippen molar-refractivity contribution < 1.29 is 28.2 Å². The normalized spacial score (nSPS) is 20.0. The molecule has 1 aromatic heterocycles. The number of carbonyl (C=O) groups is 2. The molecule has 32 heavy (non-hydrogen) atoms. The predicted molar refractivity (Wildman–Crippen MR) is 110 cm³/mol. The molecule has 11 heteroatoms. The number of rotatable bonds is 4. The zero-order valence-corrected chi connectivity index (χ0v) is 17.8. The first-order valence-electron chi connectivity index (χ1n) is 10.0. The van der Waals surface area contributed by atoms with E-state index in [4.69, 9.17) is 16.3 Å². The number of hydrogen-bond donors (Lipinski definition) is 2. The second-order valence-electron chi connectivity index (χ2n) is 7.61. The highest BCUT2D eigenvalue weighted by Crippen LogP contribution is 2.35. The largest absolute Gasteiger partial charge is 0.503 e. The molecule has 1 saturated heterocycles. The van der Waals surface area contributed by atoms with Crippen LogP contribution in [0.3, 0.4) is 0 Å². The summed E-state index contributed by atoms with van der Waals surface area (Å²) in [6.07, 6.45) is 1.76. The van der Waals surface area contributed by atoms with Crippen molar-refractivity contribution in [3.8, 4) is 5.75 Å². The quantitative estimate of drug-likeness (QED) is 0.671. The van der Waals surface area contributed by atoms with Crippen molar-refractivity contribution in [2.75, 3.05) is 19.8 Å². The lowest BCUT2D eigenvalue weighted by atomic mass is 9.96. The number of benzene rings is 1. The van der Waals surface area contributed by atoms with Gasteiger partial charge in [-0.25, -0.2) is 8.78 Å². The van der Waals surface area contributed by atoms with Crippen molar-refractivity contribution in [1.29, 1.82) is 0 Å². The van der Waals surface area contributed by atoms with Crippen molar-refractivity contribution in [2.24, 2.45) is 0 Å². The van der Waals surface area contributed by atoms with E-state index in [2.05, 4.69) is 5.32 Å². The van der Waals surface area contributed by atoms with Gasteiger partial charge in [-0.05, 0) is 19.4 Å². The van der Waals surface area contributed by atoms with Gasteiger partial charge in [-0.2, -0.15) is 0 Å². The van der Waals surface area contributed by atoms with Gasteiger partial charge in [0.15, 0.2) is 11.4 Å². The van der Waals surface area contributed by atoms with Crippen LogP contribution in [0.15, 0.2) is 23.1 Å². The van der Waals surface area contributed by atoms with Crippen LogP contribution in [0.5, 0.6) is 5.75 Å². The van der Waals surface area contributed by atoms with Crippen LogP contribution < -0.4 is 10.7 Å². The van der Waals surface area contributed by atoms with E-state index in [9.17, 15) is 28.3 Å². The molecule has 8 nitrogen and oxygen atoms in total. The fraction of sp³-hybridized carbons (Fsp3) is 0.381. The van der Waals surface area contributed by atoms with E-state index >= 15 is 0 Å². The van der Waals surface area contributed by atoms with Gasteiger partial charge in [-0.15, -0.1) is 0 Å². The average Bonchev–Trinajstić information content (AvgIpc) is 2.77. The molecule has 0 bridgehead atoms. The maximum Gasteiger partial charge on any atom is 0.274 e. The number of nitrogens with one attached hydrogen (secondary N) is 1. The molecule has 0 spiro atoms. The summed E-state index contributed by atoms with van der Waals surface area (Å²) >= 11 is 5.66. The van der Waals surface area contributed by atoms with Crippen molar-refractivity contribution in [3.63, 3.8) is 0 Å². The molecule has 2 aromatic rings. The third-order valence-electron chi connectivity index (χ3n) is 5.84. The summed E-state index contributed by atoms with van der Waals surface area (Å²) in [4.78, 5) is 39.9. The Balaban J connectivity index is 1.69. The molecule has 2 N–H and O–H groups in total. The number of ether oxygens (including phenoxy) is 1. The maximum absolute atomic E-state index is 13.9. The van der Waals surface area contributed by atoms with Crippen LogP contribution in [0.1, 0.15) is 45.8 Å². The molecule has 0 unspecified atom stereocenters. The van der Waals surface area contributed by atoms with Crippen LogP contribution in [0.2, 0.25) is 5.02 Å². The molecule has 170 valence electrons. The van der Waals surface area contributed by atoms with Gasteiger partial charge in [0.2, 0.25) is 5.43 Å². The number of likely N-dealkylation sites (N-methyl/N-ethyl adjacent to an activating group) is 1. The van der Waals surface area contributed by atoms with Gasteiger partial charge in [-0.1, -0.05) is 11.6 Å². The molecule has 4 rings (SSSR count). The molecule has 2 amide bonds. The topological polar surface area (TPSA) is 101 Å². The molecular weight excluding hydrogens is 448 g/mol. The van der Waals surface area contributed by atoms with Gasteiger partial charge in [0, 0.05) is 37.5 Å². The lowest BCUT2D eigenvalue weighted by molar-refractivity contribution is -0.0176. The highest BCUT2D eigenvalue weighted by molar-refractivity contribution is 6.30. The molecule has 0 radical (unpaired) electrons. The second-order valence-corrected chi connectivity index (χ2v) is 8.01.